The first-order chi connectivity index (χ1) is 6.38. The fourth-order valence-corrected chi connectivity index (χ4v) is 2.83. The van der Waals surface area contributed by atoms with Gasteiger partial charge in [-0.2, -0.15) is 0 Å². The molecule has 2 rings (SSSR count). The molecule has 0 amide bonds. The molecule has 0 radical (unpaired) electrons. The maximum atomic E-state index is 9.88. The van der Waals surface area contributed by atoms with Gasteiger partial charge in [0.15, 0.2) is 0 Å². The molecule has 2 heteroatoms. The van der Waals surface area contributed by atoms with Gasteiger partial charge in [0.1, 0.15) is 0 Å². The van der Waals surface area contributed by atoms with Gasteiger partial charge >= 0.3 is 0 Å². The minimum absolute atomic E-state index is 0.0168. The van der Waals surface area contributed by atoms with E-state index in [-0.39, 0.29) is 6.10 Å². The molecule has 1 saturated carbocycles. The Hall–Kier alpha value is -0.0800. The van der Waals surface area contributed by atoms with Crippen LogP contribution in [0.4, 0.5) is 0 Å². The molecule has 2 nitrogen and oxygen atoms in total. The largest absolute Gasteiger partial charge is 0.393 e. The highest BCUT2D eigenvalue weighted by Gasteiger charge is 2.31. The molecule has 13 heavy (non-hydrogen) atoms. The summed E-state index contributed by atoms with van der Waals surface area (Å²) in [6.07, 6.45) is 7.13. The molecule has 76 valence electrons. The zero-order valence-electron chi connectivity index (χ0n) is 8.24. The average molecular weight is 184 g/mol. The lowest BCUT2D eigenvalue weighted by Gasteiger charge is -2.36. The second kappa shape index (κ2) is 4.43. The highest BCUT2D eigenvalue weighted by atomic mass is 16.5. The van der Waals surface area contributed by atoms with Gasteiger partial charge in [-0.15, -0.1) is 0 Å². The van der Waals surface area contributed by atoms with E-state index in [0.29, 0.717) is 5.92 Å². The van der Waals surface area contributed by atoms with E-state index in [1.807, 2.05) is 0 Å². The molecule has 0 aromatic heterocycles. The van der Waals surface area contributed by atoms with Crippen LogP contribution in [0.5, 0.6) is 0 Å². The molecule has 1 saturated heterocycles. The first kappa shape index (κ1) is 9.47. The second-order valence-corrected chi connectivity index (χ2v) is 4.47. The van der Waals surface area contributed by atoms with Gasteiger partial charge in [-0.25, -0.2) is 0 Å². The minimum atomic E-state index is -0.0168. The number of ether oxygens (including phenoxy) is 1. The van der Waals surface area contributed by atoms with Gasteiger partial charge in [0, 0.05) is 13.2 Å². The Morgan fingerprint density at radius 2 is 1.62 bits per heavy atom. The van der Waals surface area contributed by atoms with Crippen molar-refractivity contribution in [3.63, 3.8) is 0 Å². The van der Waals surface area contributed by atoms with Crippen molar-refractivity contribution in [1.29, 1.82) is 0 Å². The van der Waals surface area contributed by atoms with E-state index >= 15 is 0 Å². The highest BCUT2D eigenvalue weighted by molar-refractivity contribution is 4.81. The zero-order chi connectivity index (χ0) is 9.10. The van der Waals surface area contributed by atoms with Crippen LogP contribution in [-0.4, -0.2) is 24.4 Å². The lowest BCUT2D eigenvalue weighted by Crippen LogP contribution is -2.34. The van der Waals surface area contributed by atoms with E-state index in [1.165, 1.54) is 32.1 Å². The predicted molar refractivity (Wildman–Crippen MR) is 51.5 cm³/mol. The molecule has 1 aliphatic heterocycles. The zero-order valence-corrected chi connectivity index (χ0v) is 8.24. The molecule has 1 N–H and O–H groups in total. The Morgan fingerprint density at radius 1 is 0.923 bits per heavy atom. The summed E-state index contributed by atoms with van der Waals surface area (Å²) in [5.41, 5.74) is 0. The van der Waals surface area contributed by atoms with Gasteiger partial charge in [0.05, 0.1) is 6.10 Å². The first-order valence-electron chi connectivity index (χ1n) is 5.64. The van der Waals surface area contributed by atoms with E-state index in [2.05, 4.69) is 0 Å². The Morgan fingerprint density at radius 3 is 2.31 bits per heavy atom. The van der Waals surface area contributed by atoms with Crippen molar-refractivity contribution in [3.8, 4) is 0 Å². The van der Waals surface area contributed by atoms with Crippen molar-refractivity contribution in [1.82, 2.24) is 0 Å². The molecule has 2 atom stereocenters. The van der Waals surface area contributed by atoms with Crippen LogP contribution in [0.3, 0.4) is 0 Å². The Balaban J connectivity index is 1.88. The van der Waals surface area contributed by atoms with Crippen LogP contribution >= 0.6 is 0 Å². The first-order valence-corrected chi connectivity index (χ1v) is 5.64. The van der Waals surface area contributed by atoms with E-state index in [4.69, 9.17) is 4.74 Å². The Bertz CT molecular complexity index is 152. The van der Waals surface area contributed by atoms with Crippen molar-refractivity contribution < 1.29 is 9.84 Å². The standard InChI is InChI=1S/C11H20O2/c12-11-4-2-1-3-10(11)9-5-7-13-8-6-9/h9-12H,1-8H2. The summed E-state index contributed by atoms with van der Waals surface area (Å²) in [6.45, 7) is 1.82. The maximum absolute atomic E-state index is 9.88. The van der Waals surface area contributed by atoms with Crippen LogP contribution in [0.1, 0.15) is 38.5 Å². The van der Waals surface area contributed by atoms with Crippen LogP contribution in [0.2, 0.25) is 0 Å². The van der Waals surface area contributed by atoms with Crippen molar-refractivity contribution in [2.45, 2.75) is 44.6 Å². The van der Waals surface area contributed by atoms with Crippen molar-refractivity contribution in [3.05, 3.63) is 0 Å². The fourth-order valence-electron chi connectivity index (χ4n) is 2.83. The molecular weight excluding hydrogens is 164 g/mol. The van der Waals surface area contributed by atoms with Gasteiger partial charge in [-0.05, 0) is 37.5 Å². The second-order valence-electron chi connectivity index (χ2n) is 4.47. The smallest absolute Gasteiger partial charge is 0.0571 e. The number of aliphatic hydroxyl groups excluding tert-OH is 1. The summed E-state index contributed by atoms with van der Waals surface area (Å²) < 4.78 is 5.34. The summed E-state index contributed by atoms with van der Waals surface area (Å²) in [7, 11) is 0. The van der Waals surface area contributed by atoms with E-state index < -0.39 is 0 Å². The summed E-state index contributed by atoms with van der Waals surface area (Å²) >= 11 is 0. The van der Waals surface area contributed by atoms with Crippen molar-refractivity contribution in [2.75, 3.05) is 13.2 Å². The maximum Gasteiger partial charge on any atom is 0.0571 e. The summed E-state index contributed by atoms with van der Waals surface area (Å²) in [4.78, 5) is 0. The molecule has 0 spiro atoms. The Kier molecular flexibility index (Phi) is 3.23. The molecular formula is C11H20O2. The summed E-state index contributed by atoms with van der Waals surface area (Å²) in [5, 5.41) is 9.88. The van der Waals surface area contributed by atoms with Gasteiger partial charge in [0.25, 0.3) is 0 Å². The Labute approximate surface area is 80.3 Å². The monoisotopic (exact) mass is 184 g/mol. The summed E-state index contributed by atoms with van der Waals surface area (Å²) in [6, 6.07) is 0. The van der Waals surface area contributed by atoms with Crippen molar-refractivity contribution in [2.24, 2.45) is 11.8 Å². The number of rotatable bonds is 1. The third kappa shape index (κ3) is 2.23. The average Bonchev–Trinajstić information content (AvgIpc) is 2.20. The molecule has 0 aromatic rings. The third-order valence-corrected chi connectivity index (χ3v) is 3.65. The van der Waals surface area contributed by atoms with Gasteiger partial charge in [-0.1, -0.05) is 12.8 Å². The molecule has 0 bridgehead atoms. The summed E-state index contributed by atoms with van der Waals surface area (Å²) in [5.74, 6) is 1.32. The number of hydrogen-bond acceptors (Lipinski definition) is 2. The van der Waals surface area contributed by atoms with Crippen LogP contribution in [0.25, 0.3) is 0 Å². The number of aliphatic hydroxyl groups is 1. The van der Waals surface area contributed by atoms with Crippen molar-refractivity contribution >= 4 is 0 Å². The van der Waals surface area contributed by atoms with Crippen LogP contribution < -0.4 is 0 Å². The van der Waals surface area contributed by atoms with E-state index in [9.17, 15) is 5.11 Å². The van der Waals surface area contributed by atoms with Crippen LogP contribution in [0.15, 0.2) is 0 Å². The number of hydrogen-bond donors (Lipinski definition) is 1. The lowest BCUT2D eigenvalue weighted by atomic mass is 9.75. The minimum Gasteiger partial charge on any atom is -0.393 e. The molecule has 1 aliphatic carbocycles. The van der Waals surface area contributed by atoms with E-state index in [0.717, 1.165) is 25.6 Å². The topological polar surface area (TPSA) is 29.5 Å². The van der Waals surface area contributed by atoms with Crippen LogP contribution in [0, 0.1) is 11.8 Å². The van der Waals surface area contributed by atoms with E-state index in [1.54, 1.807) is 0 Å². The lowest BCUT2D eigenvalue weighted by molar-refractivity contribution is -0.0134. The molecule has 1 heterocycles. The van der Waals surface area contributed by atoms with Gasteiger partial charge < -0.3 is 9.84 Å². The molecule has 2 unspecified atom stereocenters. The fraction of sp³-hybridized carbons (Fsp3) is 1.00. The van der Waals surface area contributed by atoms with Gasteiger partial charge in [-0.3, -0.25) is 0 Å². The predicted octanol–water partition coefficient (Wildman–Crippen LogP) is 1.96. The molecule has 0 aromatic carbocycles. The molecule has 2 aliphatic rings. The quantitative estimate of drug-likeness (QED) is 0.675. The SMILES string of the molecule is OC1CCCCC1C1CCOCC1. The third-order valence-electron chi connectivity index (χ3n) is 3.65. The molecule has 2 fully saturated rings. The van der Waals surface area contributed by atoms with Gasteiger partial charge in [0.2, 0.25) is 0 Å². The van der Waals surface area contributed by atoms with Crippen LogP contribution in [-0.2, 0) is 4.74 Å². The highest BCUT2D eigenvalue weighted by Crippen LogP contribution is 2.35. The normalized spacial score (nSPS) is 37.6.